The molecule has 1 N–H and O–H groups in total. The second-order valence-corrected chi connectivity index (χ2v) is 10.8. The fraction of sp³-hybridized carbons (Fsp3) is 0.269. The molecule has 3 rings (SSSR count). The van der Waals surface area contributed by atoms with Crippen LogP contribution in [0, 0.1) is 0 Å². The van der Waals surface area contributed by atoms with E-state index in [0.29, 0.717) is 16.7 Å². The third-order valence-electron chi connectivity index (χ3n) is 5.40. The quantitative estimate of drug-likeness (QED) is 0.364. The monoisotopic (exact) mass is 517 g/mol. The summed E-state index contributed by atoms with van der Waals surface area (Å²) in [6.07, 6.45) is 0. The summed E-state index contributed by atoms with van der Waals surface area (Å²) >= 11 is 5.99. The van der Waals surface area contributed by atoms with E-state index < -0.39 is 16.0 Å². The van der Waals surface area contributed by atoms with Crippen molar-refractivity contribution in [3.05, 3.63) is 88.4 Å². The van der Waals surface area contributed by atoms with Crippen LogP contribution in [0.5, 0.6) is 11.5 Å². The van der Waals surface area contributed by atoms with Crippen molar-refractivity contribution in [1.29, 1.82) is 0 Å². The molecule has 0 saturated carbocycles. The molecule has 35 heavy (non-hydrogen) atoms. The lowest BCUT2D eigenvalue weighted by Crippen LogP contribution is -2.31. The number of rotatable bonds is 11. The van der Waals surface area contributed by atoms with Crippen LogP contribution in [0.2, 0.25) is 5.02 Å². The van der Waals surface area contributed by atoms with Gasteiger partial charge in [-0.25, -0.2) is 13.2 Å². The highest BCUT2D eigenvalue weighted by Gasteiger charge is 2.21. The predicted octanol–water partition coefficient (Wildman–Crippen LogP) is 5.44. The van der Waals surface area contributed by atoms with E-state index >= 15 is 0 Å². The van der Waals surface area contributed by atoms with Crippen LogP contribution in [-0.2, 0) is 16.6 Å². The molecule has 0 fully saturated rings. The summed E-state index contributed by atoms with van der Waals surface area (Å²) in [5.41, 5.74) is 1.84. The second kappa shape index (κ2) is 11.6. The molecule has 0 aromatic heterocycles. The van der Waals surface area contributed by atoms with Gasteiger partial charge in [-0.3, -0.25) is 0 Å². The van der Waals surface area contributed by atoms with Gasteiger partial charge < -0.3 is 14.6 Å². The van der Waals surface area contributed by atoms with Gasteiger partial charge in [-0.2, -0.15) is 4.31 Å². The van der Waals surface area contributed by atoms with Crippen LogP contribution in [0.15, 0.2) is 71.6 Å². The lowest BCUT2D eigenvalue weighted by molar-refractivity contribution is 0.0691. The van der Waals surface area contributed by atoms with Crippen LogP contribution < -0.4 is 9.47 Å². The van der Waals surface area contributed by atoms with Crippen LogP contribution in [0.25, 0.3) is 0 Å². The van der Waals surface area contributed by atoms with E-state index in [9.17, 15) is 18.3 Å². The minimum absolute atomic E-state index is 0.0103. The fourth-order valence-corrected chi connectivity index (χ4v) is 4.66. The van der Waals surface area contributed by atoms with Crippen LogP contribution in [0.3, 0.4) is 0 Å². The average Bonchev–Trinajstić information content (AvgIpc) is 2.82. The lowest BCUT2D eigenvalue weighted by Gasteiger charge is -2.18. The summed E-state index contributed by atoms with van der Waals surface area (Å²) in [6, 6.07) is 18.3. The zero-order valence-corrected chi connectivity index (χ0v) is 21.3. The van der Waals surface area contributed by atoms with Gasteiger partial charge in [-0.05, 0) is 53.4 Å². The summed E-state index contributed by atoms with van der Waals surface area (Å²) in [7, 11) is -2.18. The van der Waals surface area contributed by atoms with E-state index in [0.717, 1.165) is 11.1 Å². The summed E-state index contributed by atoms with van der Waals surface area (Å²) < 4.78 is 38.3. The van der Waals surface area contributed by atoms with Crippen LogP contribution in [-0.4, -0.2) is 44.0 Å². The van der Waals surface area contributed by atoms with Crippen molar-refractivity contribution in [2.24, 2.45) is 0 Å². The number of carbonyl (C=O) groups is 1. The number of hydrogen-bond donors (Lipinski definition) is 1. The van der Waals surface area contributed by atoms with Crippen molar-refractivity contribution in [3.8, 4) is 11.5 Å². The van der Waals surface area contributed by atoms with Crippen molar-refractivity contribution in [1.82, 2.24) is 4.31 Å². The molecule has 0 bridgehead atoms. The normalized spacial score (nSPS) is 11.6. The summed E-state index contributed by atoms with van der Waals surface area (Å²) in [5.74, 6) is -0.318. The van der Waals surface area contributed by atoms with Gasteiger partial charge >= 0.3 is 5.97 Å². The molecule has 0 heterocycles. The Morgan fingerprint density at radius 1 is 1.03 bits per heavy atom. The second-order valence-electron chi connectivity index (χ2n) is 8.28. The van der Waals surface area contributed by atoms with Crippen LogP contribution in [0.1, 0.15) is 41.3 Å². The van der Waals surface area contributed by atoms with Gasteiger partial charge in [0.25, 0.3) is 0 Å². The van der Waals surface area contributed by atoms with E-state index in [-0.39, 0.29) is 36.0 Å². The molecule has 0 aliphatic heterocycles. The van der Waals surface area contributed by atoms with E-state index in [2.05, 4.69) is 0 Å². The number of aromatic carboxylic acids is 1. The first-order chi connectivity index (χ1) is 16.6. The molecular weight excluding hydrogens is 490 g/mol. The SMILES string of the molecule is CC(C)c1ccc(S(=O)(=O)N(C)CCOc2ccc(C(=O)O)c(OCc3cccc(Cl)c3)c2)cc1. The Morgan fingerprint density at radius 3 is 2.37 bits per heavy atom. The molecule has 0 radical (unpaired) electrons. The molecule has 0 saturated heterocycles. The summed E-state index contributed by atoms with van der Waals surface area (Å²) in [6.45, 7) is 4.39. The van der Waals surface area contributed by atoms with Gasteiger partial charge in [0.15, 0.2) is 0 Å². The van der Waals surface area contributed by atoms with Crippen LogP contribution in [0.4, 0.5) is 0 Å². The zero-order chi connectivity index (χ0) is 25.6. The minimum atomic E-state index is -3.66. The average molecular weight is 518 g/mol. The molecular formula is C26H28ClNO6S. The molecule has 0 atom stereocenters. The molecule has 186 valence electrons. The zero-order valence-electron chi connectivity index (χ0n) is 19.8. The van der Waals surface area contributed by atoms with Crippen molar-refractivity contribution >= 4 is 27.6 Å². The number of carboxylic acids is 1. The van der Waals surface area contributed by atoms with E-state index in [1.54, 1.807) is 30.3 Å². The molecule has 3 aromatic carbocycles. The Kier molecular flexibility index (Phi) is 8.77. The first-order valence-electron chi connectivity index (χ1n) is 11.0. The molecule has 9 heteroatoms. The Hall–Kier alpha value is -3.07. The highest BCUT2D eigenvalue weighted by molar-refractivity contribution is 7.89. The van der Waals surface area contributed by atoms with Gasteiger partial charge in [-0.1, -0.05) is 49.7 Å². The first-order valence-corrected chi connectivity index (χ1v) is 12.8. The number of hydrogen-bond acceptors (Lipinski definition) is 5. The van der Waals surface area contributed by atoms with Gasteiger partial charge in [0, 0.05) is 24.7 Å². The van der Waals surface area contributed by atoms with Gasteiger partial charge in [0.05, 0.1) is 4.90 Å². The first kappa shape index (κ1) is 26.5. The molecule has 7 nitrogen and oxygen atoms in total. The van der Waals surface area contributed by atoms with Crippen molar-refractivity contribution in [2.75, 3.05) is 20.2 Å². The Bertz CT molecular complexity index is 1280. The third kappa shape index (κ3) is 6.97. The standard InChI is InChI=1S/C26H28ClNO6S/c1-18(2)20-7-10-23(11-8-20)35(31,32)28(3)13-14-33-22-9-12-24(26(29)30)25(16-22)34-17-19-5-4-6-21(27)15-19/h4-12,15-16,18H,13-14,17H2,1-3H3,(H,29,30). The largest absolute Gasteiger partial charge is 0.492 e. The summed E-state index contributed by atoms with van der Waals surface area (Å²) in [5, 5.41) is 10.0. The molecule has 0 aliphatic carbocycles. The maximum absolute atomic E-state index is 12.8. The third-order valence-corrected chi connectivity index (χ3v) is 7.50. The highest BCUT2D eigenvalue weighted by Crippen LogP contribution is 2.27. The topological polar surface area (TPSA) is 93.1 Å². The lowest BCUT2D eigenvalue weighted by atomic mass is 10.0. The van der Waals surface area contributed by atoms with E-state index in [1.807, 2.05) is 32.0 Å². The fourth-order valence-electron chi connectivity index (χ4n) is 3.29. The number of likely N-dealkylation sites (N-methyl/N-ethyl adjacent to an activating group) is 1. The number of sulfonamides is 1. The summed E-state index contributed by atoms with van der Waals surface area (Å²) in [4.78, 5) is 11.8. The van der Waals surface area contributed by atoms with Crippen molar-refractivity contribution in [3.63, 3.8) is 0 Å². The van der Waals surface area contributed by atoms with Gasteiger partial charge in [-0.15, -0.1) is 0 Å². The number of ether oxygens (including phenoxy) is 2. The molecule has 0 amide bonds. The van der Waals surface area contributed by atoms with E-state index in [1.165, 1.54) is 29.6 Å². The molecule has 0 spiro atoms. The minimum Gasteiger partial charge on any atom is -0.492 e. The predicted molar refractivity (Wildman–Crippen MR) is 135 cm³/mol. The maximum atomic E-state index is 12.8. The highest BCUT2D eigenvalue weighted by atomic mass is 35.5. The Labute approximate surface area is 210 Å². The number of halogens is 1. The molecule has 0 aliphatic rings. The molecule has 3 aromatic rings. The maximum Gasteiger partial charge on any atom is 0.339 e. The number of nitrogens with zero attached hydrogens (tertiary/aromatic N) is 1. The van der Waals surface area contributed by atoms with Gasteiger partial charge in [0.2, 0.25) is 10.0 Å². The van der Waals surface area contributed by atoms with Crippen LogP contribution >= 0.6 is 11.6 Å². The van der Waals surface area contributed by atoms with Gasteiger partial charge in [0.1, 0.15) is 30.3 Å². The Balaban J connectivity index is 1.64. The number of carboxylic acid groups (broad SMARTS) is 1. The van der Waals surface area contributed by atoms with E-state index in [4.69, 9.17) is 21.1 Å². The smallest absolute Gasteiger partial charge is 0.339 e. The Morgan fingerprint density at radius 2 is 1.74 bits per heavy atom. The van der Waals surface area contributed by atoms with Crippen molar-refractivity contribution < 1.29 is 27.8 Å². The molecule has 0 unspecified atom stereocenters. The number of benzene rings is 3. The van der Waals surface area contributed by atoms with Crippen molar-refractivity contribution in [2.45, 2.75) is 31.3 Å².